The number of hydrogen-bond acceptors (Lipinski definition) is 4. The molecule has 3 aromatic rings. The van der Waals surface area contributed by atoms with Gasteiger partial charge >= 0.3 is 0 Å². The summed E-state index contributed by atoms with van der Waals surface area (Å²) >= 11 is 1.48. The highest BCUT2D eigenvalue weighted by Crippen LogP contribution is 2.23. The minimum atomic E-state index is -0.142. The van der Waals surface area contributed by atoms with Crippen LogP contribution in [0, 0.1) is 0 Å². The van der Waals surface area contributed by atoms with Gasteiger partial charge in [0.15, 0.2) is 0 Å². The van der Waals surface area contributed by atoms with Gasteiger partial charge in [-0.05, 0) is 24.1 Å². The summed E-state index contributed by atoms with van der Waals surface area (Å²) in [5.74, 6) is 0.683. The van der Waals surface area contributed by atoms with Crippen molar-refractivity contribution in [2.75, 3.05) is 13.7 Å². The number of nitrogens with one attached hydrogen (secondary N) is 1. The molecule has 1 amide bonds. The van der Waals surface area contributed by atoms with Gasteiger partial charge in [-0.2, -0.15) is 0 Å². The smallest absolute Gasteiger partial charge is 0.270 e. The van der Waals surface area contributed by atoms with Crippen LogP contribution < -0.4 is 10.1 Å². The summed E-state index contributed by atoms with van der Waals surface area (Å²) in [7, 11) is 1.65. The van der Waals surface area contributed by atoms with Crippen molar-refractivity contribution in [2.45, 2.75) is 6.42 Å². The summed E-state index contributed by atoms with van der Waals surface area (Å²) in [5.41, 5.74) is 2.61. The van der Waals surface area contributed by atoms with Gasteiger partial charge in [-0.3, -0.25) is 4.79 Å². The quantitative estimate of drug-likeness (QED) is 0.744. The Kier molecular flexibility index (Phi) is 5.23. The minimum absolute atomic E-state index is 0.142. The zero-order chi connectivity index (χ0) is 16.8. The molecule has 1 heterocycles. The van der Waals surface area contributed by atoms with Crippen molar-refractivity contribution >= 4 is 17.2 Å². The third-order valence-corrected chi connectivity index (χ3v) is 4.48. The molecule has 0 unspecified atom stereocenters. The molecular weight excluding hydrogens is 320 g/mol. The Hall–Kier alpha value is -2.66. The Balaban J connectivity index is 1.56. The normalized spacial score (nSPS) is 10.4. The summed E-state index contributed by atoms with van der Waals surface area (Å²) < 4.78 is 5.20. The van der Waals surface area contributed by atoms with Crippen LogP contribution in [0.2, 0.25) is 0 Å². The van der Waals surface area contributed by atoms with Crippen LogP contribution in [0.1, 0.15) is 16.1 Å². The van der Waals surface area contributed by atoms with Crippen LogP contribution in [0.4, 0.5) is 0 Å². The minimum Gasteiger partial charge on any atom is -0.497 e. The molecule has 24 heavy (non-hydrogen) atoms. The Morgan fingerprint density at radius 1 is 1.17 bits per heavy atom. The first-order valence-corrected chi connectivity index (χ1v) is 8.56. The standard InChI is InChI=1S/C19H18N2O2S/c1-23-16-9-5-6-14(12-16)10-11-20-18(22)17-13-24-19(21-17)15-7-3-2-4-8-15/h2-9,12-13H,10-11H2,1H3,(H,20,22). The molecule has 2 aromatic carbocycles. The lowest BCUT2D eigenvalue weighted by Crippen LogP contribution is -2.25. The van der Waals surface area contributed by atoms with Crippen molar-refractivity contribution in [1.29, 1.82) is 0 Å². The molecule has 1 aromatic heterocycles. The van der Waals surface area contributed by atoms with Crippen LogP contribution in [0.3, 0.4) is 0 Å². The number of amides is 1. The second kappa shape index (κ2) is 7.75. The van der Waals surface area contributed by atoms with Gasteiger partial charge in [0, 0.05) is 17.5 Å². The van der Waals surface area contributed by atoms with Crippen molar-refractivity contribution in [3.05, 3.63) is 71.2 Å². The van der Waals surface area contributed by atoms with Gasteiger partial charge in [0.05, 0.1) is 7.11 Å². The third kappa shape index (κ3) is 4.00. The van der Waals surface area contributed by atoms with Crippen LogP contribution in [0.5, 0.6) is 5.75 Å². The largest absolute Gasteiger partial charge is 0.497 e. The number of carbonyl (C=O) groups is 1. The Labute approximate surface area is 145 Å². The monoisotopic (exact) mass is 338 g/mol. The summed E-state index contributed by atoms with van der Waals surface area (Å²) in [6, 6.07) is 17.7. The number of methoxy groups -OCH3 is 1. The van der Waals surface area contributed by atoms with E-state index < -0.39 is 0 Å². The van der Waals surface area contributed by atoms with Crippen LogP contribution in [0.15, 0.2) is 60.0 Å². The molecule has 0 spiro atoms. The zero-order valence-corrected chi connectivity index (χ0v) is 14.2. The summed E-state index contributed by atoms with van der Waals surface area (Å²) in [4.78, 5) is 16.6. The van der Waals surface area contributed by atoms with E-state index in [-0.39, 0.29) is 5.91 Å². The highest BCUT2D eigenvalue weighted by atomic mass is 32.1. The number of rotatable bonds is 6. The van der Waals surface area contributed by atoms with E-state index in [1.807, 2.05) is 54.6 Å². The molecular formula is C19H18N2O2S. The predicted molar refractivity (Wildman–Crippen MR) is 96.6 cm³/mol. The molecule has 0 saturated carbocycles. The second-order valence-corrected chi connectivity index (χ2v) is 6.12. The number of hydrogen-bond donors (Lipinski definition) is 1. The zero-order valence-electron chi connectivity index (χ0n) is 13.4. The van der Waals surface area contributed by atoms with Gasteiger partial charge in [-0.1, -0.05) is 42.5 Å². The average Bonchev–Trinajstić information content (AvgIpc) is 3.13. The molecule has 5 heteroatoms. The van der Waals surface area contributed by atoms with Gasteiger partial charge in [-0.25, -0.2) is 4.98 Å². The second-order valence-electron chi connectivity index (χ2n) is 5.26. The van der Waals surface area contributed by atoms with Crippen LogP contribution in [-0.4, -0.2) is 24.5 Å². The average molecular weight is 338 g/mol. The fourth-order valence-corrected chi connectivity index (χ4v) is 3.14. The molecule has 0 fully saturated rings. The van der Waals surface area contributed by atoms with E-state index >= 15 is 0 Å². The van der Waals surface area contributed by atoms with Gasteiger partial charge in [-0.15, -0.1) is 11.3 Å². The van der Waals surface area contributed by atoms with Gasteiger partial charge in [0.1, 0.15) is 16.5 Å². The Morgan fingerprint density at radius 2 is 2.00 bits per heavy atom. The van der Waals surface area contributed by atoms with Crippen LogP contribution >= 0.6 is 11.3 Å². The molecule has 3 rings (SSSR count). The number of nitrogens with zero attached hydrogens (tertiary/aromatic N) is 1. The van der Waals surface area contributed by atoms with E-state index in [2.05, 4.69) is 10.3 Å². The lowest BCUT2D eigenvalue weighted by molar-refractivity contribution is 0.0950. The van der Waals surface area contributed by atoms with Crippen LogP contribution in [-0.2, 0) is 6.42 Å². The maximum Gasteiger partial charge on any atom is 0.270 e. The van der Waals surface area contributed by atoms with Crippen molar-refractivity contribution < 1.29 is 9.53 Å². The maximum atomic E-state index is 12.2. The number of carbonyl (C=O) groups excluding carboxylic acids is 1. The highest BCUT2D eigenvalue weighted by molar-refractivity contribution is 7.13. The van der Waals surface area contributed by atoms with E-state index in [0.29, 0.717) is 12.2 Å². The van der Waals surface area contributed by atoms with Crippen molar-refractivity contribution in [1.82, 2.24) is 10.3 Å². The maximum absolute atomic E-state index is 12.2. The number of aromatic nitrogens is 1. The van der Waals surface area contributed by atoms with E-state index in [0.717, 1.165) is 28.3 Å². The first-order chi connectivity index (χ1) is 11.8. The molecule has 0 saturated heterocycles. The Morgan fingerprint density at radius 3 is 2.79 bits per heavy atom. The third-order valence-electron chi connectivity index (χ3n) is 3.59. The lowest BCUT2D eigenvalue weighted by atomic mass is 10.1. The molecule has 4 nitrogen and oxygen atoms in total. The molecule has 0 atom stereocenters. The predicted octanol–water partition coefficient (Wildman–Crippen LogP) is 3.79. The molecule has 0 aliphatic carbocycles. The molecule has 122 valence electrons. The molecule has 0 radical (unpaired) electrons. The fourth-order valence-electron chi connectivity index (χ4n) is 2.33. The molecule has 1 N–H and O–H groups in total. The number of thiazole rings is 1. The van der Waals surface area contributed by atoms with E-state index in [9.17, 15) is 4.79 Å². The molecule has 0 aliphatic rings. The topological polar surface area (TPSA) is 51.2 Å². The van der Waals surface area contributed by atoms with Gasteiger partial charge < -0.3 is 10.1 Å². The van der Waals surface area contributed by atoms with Gasteiger partial charge in [0.25, 0.3) is 5.91 Å². The first-order valence-electron chi connectivity index (χ1n) is 7.68. The summed E-state index contributed by atoms with van der Waals surface area (Å²) in [6.45, 7) is 0.560. The Bertz CT molecular complexity index is 815. The summed E-state index contributed by atoms with van der Waals surface area (Å²) in [5, 5.41) is 5.56. The highest BCUT2D eigenvalue weighted by Gasteiger charge is 2.11. The van der Waals surface area contributed by atoms with E-state index in [1.165, 1.54) is 11.3 Å². The lowest BCUT2D eigenvalue weighted by Gasteiger charge is -2.05. The van der Waals surface area contributed by atoms with Crippen molar-refractivity contribution in [2.24, 2.45) is 0 Å². The van der Waals surface area contributed by atoms with Crippen LogP contribution in [0.25, 0.3) is 10.6 Å². The molecule has 0 bridgehead atoms. The van der Waals surface area contributed by atoms with E-state index in [4.69, 9.17) is 4.74 Å². The summed E-state index contributed by atoms with van der Waals surface area (Å²) in [6.07, 6.45) is 0.749. The number of ether oxygens (including phenoxy) is 1. The van der Waals surface area contributed by atoms with Crippen molar-refractivity contribution in [3.8, 4) is 16.3 Å². The SMILES string of the molecule is COc1cccc(CCNC(=O)c2csc(-c3ccccc3)n2)c1. The number of benzene rings is 2. The molecule has 0 aliphatic heterocycles. The van der Waals surface area contributed by atoms with Gasteiger partial charge in [0.2, 0.25) is 0 Å². The van der Waals surface area contributed by atoms with Crippen molar-refractivity contribution in [3.63, 3.8) is 0 Å². The first kappa shape index (κ1) is 16.2. The van der Waals surface area contributed by atoms with E-state index in [1.54, 1.807) is 12.5 Å². The fraction of sp³-hybridized carbons (Fsp3) is 0.158.